The molecule has 1 aliphatic carbocycles. The van der Waals surface area contributed by atoms with E-state index in [0.29, 0.717) is 76.7 Å². The van der Waals surface area contributed by atoms with Crippen LogP contribution >= 0.6 is 11.6 Å². The molecule has 2 N–H and O–H groups in total. The molecule has 2 aromatic carbocycles. The molecule has 15 heteroatoms. The van der Waals surface area contributed by atoms with E-state index in [0.717, 1.165) is 54.5 Å². The molecule has 0 amide bonds. The van der Waals surface area contributed by atoms with Gasteiger partial charge in [-0.25, -0.2) is 23.7 Å². The third-order valence-electron chi connectivity index (χ3n) is 11.2. The summed E-state index contributed by atoms with van der Waals surface area (Å²) in [4.78, 5) is 38.9. The first-order valence-corrected chi connectivity index (χ1v) is 19.4. The number of halogens is 3. The number of β-amino-alcohol motifs (C(OH)–C–C–N with tert-alkyl or cyclic N) is 1. The zero-order valence-corrected chi connectivity index (χ0v) is 33.5. The highest BCUT2D eigenvalue weighted by Gasteiger charge is 2.32. The van der Waals surface area contributed by atoms with Gasteiger partial charge >= 0.3 is 5.97 Å². The SMILES string of the molecule is COC(=O)C1CCC(N(C)Cc2ncc(-c3cccc(-c4cccc(Nc5nc(C(F)F)nc6cc(CN7CC[C@](C)(O)C7)cnc56)c4C)c3Cl)nc2OC)CC1. The number of likely N-dealkylation sites (tertiary alicyclic amines) is 1. The Bertz CT molecular complexity index is 2270. The molecular formula is C42H47ClF2N8O4. The molecule has 300 valence electrons. The molecule has 12 nitrogen and oxygen atoms in total. The van der Waals surface area contributed by atoms with Crippen LogP contribution in [0.15, 0.2) is 54.9 Å². The number of nitrogens with one attached hydrogen (secondary N) is 1. The van der Waals surface area contributed by atoms with Crippen molar-refractivity contribution in [2.45, 2.75) is 77.1 Å². The summed E-state index contributed by atoms with van der Waals surface area (Å²) < 4.78 is 38.9. The lowest BCUT2D eigenvalue weighted by atomic mass is 9.85. The zero-order chi connectivity index (χ0) is 40.4. The maximum absolute atomic E-state index is 14.1. The van der Waals surface area contributed by atoms with E-state index in [-0.39, 0.29) is 17.7 Å². The average molecular weight is 801 g/mol. The first kappa shape index (κ1) is 40.3. The Morgan fingerprint density at radius 3 is 2.49 bits per heavy atom. The number of anilines is 2. The van der Waals surface area contributed by atoms with Crippen LogP contribution in [-0.2, 0) is 22.6 Å². The number of rotatable bonds is 12. The number of carbonyl (C=O) groups is 1. The van der Waals surface area contributed by atoms with Crippen molar-refractivity contribution in [1.29, 1.82) is 0 Å². The molecule has 0 spiro atoms. The van der Waals surface area contributed by atoms with E-state index in [1.54, 1.807) is 25.6 Å². The number of pyridine rings is 1. The lowest BCUT2D eigenvalue weighted by molar-refractivity contribution is -0.146. The van der Waals surface area contributed by atoms with Gasteiger partial charge in [0.1, 0.15) is 11.2 Å². The average Bonchev–Trinajstić information content (AvgIpc) is 3.55. The van der Waals surface area contributed by atoms with Crippen LogP contribution in [0.2, 0.25) is 5.02 Å². The minimum atomic E-state index is -2.89. The van der Waals surface area contributed by atoms with E-state index >= 15 is 0 Å². The molecule has 0 bridgehead atoms. The number of esters is 1. The fourth-order valence-corrected chi connectivity index (χ4v) is 8.32. The molecule has 1 saturated carbocycles. The molecule has 57 heavy (non-hydrogen) atoms. The summed E-state index contributed by atoms with van der Waals surface area (Å²) in [5.74, 6) is -0.227. The fraction of sp³-hybridized carbons (Fsp3) is 0.429. The molecule has 0 unspecified atom stereocenters. The van der Waals surface area contributed by atoms with Gasteiger partial charge in [0.25, 0.3) is 6.43 Å². The number of nitrogens with zero attached hydrogens (tertiary/aromatic N) is 7. The van der Waals surface area contributed by atoms with Crippen LogP contribution < -0.4 is 10.1 Å². The van der Waals surface area contributed by atoms with Gasteiger partial charge in [-0.15, -0.1) is 0 Å². The highest BCUT2D eigenvalue weighted by molar-refractivity contribution is 6.36. The second-order valence-electron chi connectivity index (χ2n) is 15.3. The largest absolute Gasteiger partial charge is 0.480 e. The number of hydrogen-bond donors (Lipinski definition) is 2. The van der Waals surface area contributed by atoms with E-state index in [9.17, 15) is 18.7 Å². The van der Waals surface area contributed by atoms with Crippen LogP contribution in [0.5, 0.6) is 5.88 Å². The van der Waals surface area contributed by atoms with Crippen molar-refractivity contribution >= 4 is 40.1 Å². The number of hydrogen-bond acceptors (Lipinski definition) is 12. The van der Waals surface area contributed by atoms with Gasteiger partial charge in [0.15, 0.2) is 11.6 Å². The van der Waals surface area contributed by atoms with Crippen molar-refractivity contribution in [3.8, 4) is 28.3 Å². The Morgan fingerprint density at radius 2 is 1.79 bits per heavy atom. The van der Waals surface area contributed by atoms with Crippen molar-refractivity contribution in [2.75, 3.05) is 39.7 Å². The van der Waals surface area contributed by atoms with Crippen molar-refractivity contribution in [1.82, 2.24) is 34.7 Å². The van der Waals surface area contributed by atoms with Gasteiger partial charge < -0.3 is 19.9 Å². The van der Waals surface area contributed by atoms with Gasteiger partial charge in [0.05, 0.1) is 48.2 Å². The molecular weight excluding hydrogens is 754 g/mol. The highest BCUT2D eigenvalue weighted by Crippen LogP contribution is 2.40. The van der Waals surface area contributed by atoms with E-state index in [4.69, 9.17) is 31.0 Å². The minimum absolute atomic E-state index is 0.0472. The third kappa shape index (κ3) is 8.84. The molecule has 3 aromatic heterocycles. The van der Waals surface area contributed by atoms with E-state index in [1.807, 2.05) is 57.3 Å². The van der Waals surface area contributed by atoms with Gasteiger partial charge in [-0.3, -0.25) is 24.6 Å². The number of aliphatic hydroxyl groups is 1. The summed E-state index contributed by atoms with van der Waals surface area (Å²) in [7, 11) is 5.05. The lowest BCUT2D eigenvalue weighted by Gasteiger charge is -2.33. The minimum Gasteiger partial charge on any atom is -0.480 e. The summed E-state index contributed by atoms with van der Waals surface area (Å²) in [5, 5.41) is 14.1. The van der Waals surface area contributed by atoms with Crippen molar-refractivity contribution < 1.29 is 28.2 Å². The molecule has 2 aliphatic rings. The first-order valence-electron chi connectivity index (χ1n) is 19.1. The second kappa shape index (κ2) is 16.9. The highest BCUT2D eigenvalue weighted by atomic mass is 35.5. The van der Waals surface area contributed by atoms with Crippen LogP contribution in [0, 0.1) is 12.8 Å². The van der Waals surface area contributed by atoms with Crippen molar-refractivity contribution in [2.24, 2.45) is 5.92 Å². The molecule has 4 heterocycles. The molecule has 1 atom stereocenters. The Hall–Kier alpha value is -4.89. The lowest BCUT2D eigenvalue weighted by Crippen LogP contribution is -2.36. The normalized spacial score (nSPS) is 20.1. The van der Waals surface area contributed by atoms with Gasteiger partial charge in [-0.1, -0.05) is 41.9 Å². The summed E-state index contributed by atoms with van der Waals surface area (Å²) in [6.07, 6.45) is 4.52. The van der Waals surface area contributed by atoms with Gasteiger partial charge in [-0.05, 0) is 81.8 Å². The number of alkyl halides is 2. The van der Waals surface area contributed by atoms with Crippen molar-refractivity contribution in [3.63, 3.8) is 0 Å². The van der Waals surface area contributed by atoms with Crippen LogP contribution in [-0.4, -0.2) is 91.8 Å². The first-order chi connectivity index (χ1) is 27.3. The van der Waals surface area contributed by atoms with Crippen molar-refractivity contribution in [3.05, 3.63) is 82.5 Å². The monoisotopic (exact) mass is 800 g/mol. The topological polar surface area (TPSA) is 139 Å². The summed E-state index contributed by atoms with van der Waals surface area (Å²) in [5.41, 5.74) is 5.60. The zero-order valence-electron chi connectivity index (χ0n) is 32.7. The smallest absolute Gasteiger partial charge is 0.308 e. The van der Waals surface area contributed by atoms with Crippen LogP contribution in [0.3, 0.4) is 0 Å². The fourth-order valence-electron chi connectivity index (χ4n) is 7.99. The Kier molecular flexibility index (Phi) is 12.0. The molecule has 1 aliphatic heterocycles. The number of benzene rings is 2. The van der Waals surface area contributed by atoms with Crippen LogP contribution in [0.1, 0.15) is 68.1 Å². The Morgan fingerprint density at radius 1 is 1.05 bits per heavy atom. The molecule has 1 saturated heterocycles. The number of methoxy groups -OCH3 is 2. The quantitative estimate of drug-likeness (QED) is 0.119. The summed E-state index contributed by atoms with van der Waals surface area (Å²) in [6.45, 7) is 6.00. The third-order valence-corrected chi connectivity index (χ3v) is 11.6. The molecule has 7 rings (SSSR count). The number of fused-ring (bicyclic) bond motifs is 1. The number of carbonyl (C=O) groups excluding carboxylic acids is 1. The van der Waals surface area contributed by atoms with E-state index in [2.05, 4.69) is 30.1 Å². The van der Waals surface area contributed by atoms with Crippen LogP contribution in [0.4, 0.5) is 20.3 Å². The molecule has 2 fully saturated rings. The van der Waals surface area contributed by atoms with Gasteiger partial charge in [0.2, 0.25) is 5.88 Å². The number of aromatic nitrogens is 5. The maximum Gasteiger partial charge on any atom is 0.308 e. The predicted octanol–water partition coefficient (Wildman–Crippen LogP) is 7.92. The van der Waals surface area contributed by atoms with E-state index < -0.39 is 17.9 Å². The molecule has 0 radical (unpaired) electrons. The molecule has 5 aromatic rings. The van der Waals surface area contributed by atoms with Crippen LogP contribution in [0.25, 0.3) is 33.4 Å². The van der Waals surface area contributed by atoms with Gasteiger partial charge in [-0.2, -0.15) is 0 Å². The van der Waals surface area contributed by atoms with E-state index in [1.165, 1.54) is 7.11 Å². The Balaban J connectivity index is 1.13. The standard InChI is InChI=1S/C42H47ClF2N8O4/c1-24-28(8-7-11-31(24)48-38-36-32(49-39(51-38)37(44)45)18-25(19-47-36)21-53-17-16-42(2,55)23-53)29-9-6-10-30(35(29)43)33-20-46-34(40(50-33)56-4)22-52(3)27-14-12-26(13-15-27)41(54)57-5/h6-11,18-20,26-27,37,55H,12-17,21-23H2,1-5H3,(H,48,49,51)/t26?,27?,42-/m0/s1. The number of ether oxygens (including phenoxy) is 2. The maximum atomic E-state index is 14.1. The Labute approximate surface area is 335 Å². The summed E-state index contributed by atoms with van der Waals surface area (Å²) >= 11 is 7.15. The van der Waals surface area contributed by atoms with Gasteiger partial charge in [0, 0.05) is 55.2 Å². The predicted molar refractivity (Wildman–Crippen MR) is 215 cm³/mol. The summed E-state index contributed by atoms with van der Waals surface area (Å²) in [6, 6.07) is 13.4. The second-order valence-corrected chi connectivity index (χ2v) is 15.7.